The molecule has 0 radical (unpaired) electrons. The number of carbonyl (C=O) groups excluding carboxylic acids is 1. The Labute approximate surface area is 121 Å². The second-order valence-corrected chi connectivity index (χ2v) is 8.19. The lowest BCUT2D eigenvalue weighted by molar-refractivity contribution is -0.147. The van der Waals surface area contributed by atoms with Crippen LogP contribution in [-0.2, 0) is 4.79 Å². The van der Waals surface area contributed by atoms with Gasteiger partial charge in [-0.1, -0.05) is 0 Å². The van der Waals surface area contributed by atoms with Crippen LogP contribution < -0.4 is 5.32 Å². The van der Waals surface area contributed by atoms with Gasteiger partial charge in [0.25, 0.3) is 0 Å². The number of aliphatic hydroxyl groups excluding tert-OH is 1. The molecule has 0 aromatic carbocycles. The van der Waals surface area contributed by atoms with Gasteiger partial charge in [-0.2, -0.15) is 0 Å². The van der Waals surface area contributed by atoms with Gasteiger partial charge in [0.05, 0.1) is 6.10 Å². The highest BCUT2D eigenvalue weighted by Crippen LogP contribution is 2.60. The Hall–Kier alpha value is -0.570. The van der Waals surface area contributed by atoms with Crippen LogP contribution in [0.5, 0.6) is 0 Å². The molecule has 4 bridgehead atoms. The molecule has 1 amide bonds. The van der Waals surface area contributed by atoms with Gasteiger partial charge >= 0.3 is 0 Å². The van der Waals surface area contributed by atoms with Gasteiger partial charge in [-0.3, -0.25) is 4.79 Å². The fourth-order valence-electron chi connectivity index (χ4n) is 6.02. The Morgan fingerprint density at radius 2 is 1.55 bits per heavy atom. The summed E-state index contributed by atoms with van der Waals surface area (Å²) in [4.78, 5) is 12.9. The van der Waals surface area contributed by atoms with Crippen molar-refractivity contribution in [2.75, 3.05) is 0 Å². The van der Waals surface area contributed by atoms with Crippen LogP contribution in [0.4, 0.5) is 0 Å². The molecule has 3 nitrogen and oxygen atoms in total. The van der Waals surface area contributed by atoms with Gasteiger partial charge in [0, 0.05) is 11.5 Å². The molecule has 5 aliphatic rings. The molecule has 0 aromatic heterocycles. The molecule has 5 fully saturated rings. The van der Waals surface area contributed by atoms with E-state index in [4.69, 9.17) is 0 Å². The van der Waals surface area contributed by atoms with Crippen LogP contribution in [0, 0.1) is 23.2 Å². The molecule has 0 saturated heterocycles. The smallest absolute Gasteiger partial charge is 0.226 e. The van der Waals surface area contributed by atoms with E-state index in [-0.39, 0.29) is 17.6 Å². The summed E-state index contributed by atoms with van der Waals surface area (Å²) in [5.74, 6) is 2.80. The van der Waals surface area contributed by atoms with Crippen molar-refractivity contribution in [2.24, 2.45) is 23.2 Å². The second kappa shape index (κ2) is 4.72. The van der Waals surface area contributed by atoms with Gasteiger partial charge in [-0.25, -0.2) is 0 Å². The summed E-state index contributed by atoms with van der Waals surface area (Å²) >= 11 is 0. The quantitative estimate of drug-likeness (QED) is 0.815. The van der Waals surface area contributed by atoms with Crippen LogP contribution >= 0.6 is 0 Å². The summed E-state index contributed by atoms with van der Waals surface area (Å²) in [6.45, 7) is 0. The van der Waals surface area contributed by atoms with E-state index in [0.717, 1.165) is 62.7 Å². The molecule has 0 aliphatic heterocycles. The summed E-state index contributed by atoms with van der Waals surface area (Å²) in [6, 6.07) is 0.222. The number of rotatable bonds is 2. The van der Waals surface area contributed by atoms with E-state index in [9.17, 15) is 9.90 Å². The zero-order valence-corrected chi connectivity index (χ0v) is 12.3. The first-order valence-electron chi connectivity index (χ1n) is 8.62. The molecule has 5 rings (SSSR count). The van der Waals surface area contributed by atoms with Gasteiger partial charge in [-0.15, -0.1) is 0 Å². The van der Waals surface area contributed by atoms with Crippen LogP contribution in [0.3, 0.4) is 0 Å². The molecule has 0 aromatic rings. The lowest BCUT2D eigenvalue weighted by atomic mass is 9.49. The molecule has 0 unspecified atom stereocenters. The van der Waals surface area contributed by atoms with Crippen LogP contribution in [0.1, 0.15) is 64.2 Å². The van der Waals surface area contributed by atoms with Crippen molar-refractivity contribution < 1.29 is 9.90 Å². The van der Waals surface area contributed by atoms with Crippen molar-refractivity contribution in [3.8, 4) is 0 Å². The van der Waals surface area contributed by atoms with Crippen molar-refractivity contribution in [1.82, 2.24) is 5.32 Å². The highest BCUT2D eigenvalue weighted by atomic mass is 16.3. The number of aliphatic hydroxyl groups is 1. The summed E-state index contributed by atoms with van der Waals surface area (Å²) < 4.78 is 0. The molecule has 5 saturated carbocycles. The van der Waals surface area contributed by atoms with Crippen LogP contribution in [0.15, 0.2) is 0 Å². The zero-order valence-electron chi connectivity index (χ0n) is 12.3. The summed E-state index contributed by atoms with van der Waals surface area (Å²) in [5, 5.41) is 13.1. The van der Waals surface area contributed by atoms with Crippen molar-refractivity contribution in [2.45, 2.75) is 76.4 Å². The lowest BCUT2D eigenvalue weighted by Gasteiger charge is -2.56. The third kappa shape index (κ3) is 2.18. The Morgan fingerprint density at radius 3 is 2.10 bits per heavy atom. The van der Waals surface area contributed by atoms with Crippen molar-refractivity contribution in [3.63, 3.8) is 0 Å². The van der Waals surface area contributed by atoms with Crippen molar-refractivity contribution in [1.29, 1.82) is 0 Å². The first-order valence-corrected chi connectivity index (χ1v) is 8.62. The Morgan fingerprint density at radius 1 is 0.950 bits per heavy atom. The molecule has 112 valence electrons. The van der Waals surface area contributed by atoms with Crippen molar-refractivity contribution >= 4 is 5.91 Å². The SMILES string of the molecule is O=C(N[C@H]1CCC[C@H](O)C1)C12CC3CC(CC(C3)C1)C2. The third-order valence-corrected chi connectivity index (χ3v) is 6.50. The predicted octanol–water partition coefficient (Wildman–Crippen LogP) is 2.62. The highest BCUT2D eigenvalue weighted by Gasteiger charge is 2.54. The number of hydrogen-bond acceptors (Lipinski definition) is 2. The second-order valence-electron chi connectivity index (χ2n) is 8.19. The molecular weight excluding hydrogens is 250 g/mol. The molecule has 0 heterocycles. The molecule has 2 N–H and O–H groups in total. The molecule has 0 spiro atoms. The summed E-state index contributed by atoms with van der Waals surface area (Å²) in [6.07, 6.45) is 11.1. The first kappa shape index (κ1) is 13.1. The standard InChI is InChI=1S/C17H27NO2/c19-15-3-1-2-14(7-15)18-16(20)17-8-11-4-12(9-17)6-13(5-11)10-17/h11-15,19H,1-10H2,(H,18,20)/t11?,12?,13?,14-,15-,17?/m0/s1. The van der Waals surface area contributed by atoms with E-state index in [2.05, 4.69) is 5.32 Å². The molecule has 5 aliphatic carbocycles. The maximum absolute atomic E-state index is 12.9. The monoisotopic (exact) mass is 277 g/mol. The fourth-order valence-corrected chi connectivity index (χ4v) is 6.02. The van der Waals surface area contributed by atoms with E-state index < -0.39 is 0 Å². The summed E-state index contributed by atoms with van der Waals surface area (Å²) in [7, 11) is 0. The highest BCUT2D eigenvalue weighted by molar-refractivity contribution is 5.83. The van der Waals surface area contributed by atoms with Gasteiger partial charge < -0.3 is 10.4 Å². The van der Waals surface area contributed by atoms with E-state index in [1.807, 2.05) is 0 Å². The molecule has 3 heteroatoms. The maximum Gasteiger partial charge on any atom is 0.226 e. The number of nitrogens with one attached hydrogen (secondary N) is 1. The largest absolute Gasteiger partial charge is 0.393 e. The molecule has 20 heavy (non-hydrogen) atoms. The molecule has 2 atom stereocenters. The fraction of sp³-hybridized carbons (Fsp3) is 0.941. The number of carbonyl (C=O) groups is 1. The molecular formula is C17H27NO2. The normalized spacial score (nSPS) is 50.1. The minimum atomic E-state index is -0.203. The van der Waals surface area contributed by atoms with Crippen LogP contribution in [0.2, 0.25) is 0 Å². The van der Waals surface area contributed by atoms with E-state index in [1.165, 1.54) is 19.3 Å². The average Bonchev–Trinajstić information content (AvgIpc) is 2.37. The first-order chi connectivity index (χ1) is 9.63. The van der Waals surface area contributed by atoms with Gasteiger partial charge in [0.1, 0.15) is 0 Å². The van der Waals surface area contributed by atoms with Crippen LogP contribution in [-0.4, -0.2) is 23.2 Å². The third-order valence-electron chi connectivity index (χ3n) is 6.50. The van der Waals surface area contributed by atoms with Gasteiger partial charge in [-0.05, 0) is 82.0 Å². The minimum Gasteiger partial charge on any atom is -0.393 e. The number of amides is 1. The minimum absolute atomic E-state index is 0.0306. The van der Waals surface area contributed by atoms with Gasteiger partial charge in [0.2, 0.25) is 5.91 Å². The van der Waals surface area contributed by atoms with Crippen molar-refractivity contribution in [3.05, 3.63) is 0 Å². The van der Waals surface area contributed by atoms with E-state index >= 15 is 0 Å². The Bertz CT molecular complexity index is 371. The average molecular weight is 277 g/mol. The Balaban J connectivity index is 1.45. The maximum atomic E-state index is 12.9. The van der Waals surface area contributed by atoms with E-state index in [1.54, 1.807) is 0 Å². The number of hydrogen-bond donors (Lipinski definition) is 2. The summed E-state index contributed by atoms with van der Waals surface area (Å²) in [5.41, 5.74) is -0.0306. The van der Waals surface area contributed by atoms with E-state index in [0.29, 0.717) is 5.91 Å². The lowest BCUT2D eigenvalue weighted by Crippen LogP contribution is -2.55. The van der Waals surface area contributed by atoms with Gasteiger partial charge in [0.15, 0.2) is 0 Å². The Kier molecular flexibility index (Phi) is 3.10. The topological polar surface area (TPSA) is 49.3 Å². The van der Waals surface area contributed by atoms with Crippen LogP contribution in [0.25, 0.3) is 0 Å². The predicted molar refractivity (Wildman–Crippen MR) is 77.0 cm³/mol. The zero-order chi connectivity index (χ0) is 13.7.